The van der Waals surface area contributed by atoms with Crippen molar-refractivity contribution in [2.24, 2.45) is 0 Å². The highest BCUT2D eigenvalue weighted by Crippen LogP contribution is 2.31. The van der Waals surface area contributed by atoms with Gasteiger partial charge in [0, 0.05) is 12.3 Å². The van der Waals surface area contributed by atoms with E-state index < -0.39 is 11.7 Å². The van der Waals surface area contributed by atoms with E-state index in [-0.39, 0.29) is 17.3 Å². The van der Waals surface area contributed by atoms with Gasteiger partial charge in [-0.2, -0.15) is 10.1 Å². The van der Waals surface area contributed by atoms with Crippen molar-refractivity contribution in [2.45, 2.75) is 0 Å². The Bertz CT molecular complexity index is 1200. The SMILES string of the molecule is COc1ccc(-c2nc(NC(=O)c3ccn(-c4ccccc4F)n3)n[nH]2)c(OC)c1. The summed E-state index contributed by atoms with van der Waals surface area (Å²) in [5.74, 6) is 0.660. The van der Waals surface area contributed by atoms with Crippen LogP contribution in [-0.2, 0) is 0 Å². The smallest absolute Gasteiger partial charge is 0.278 e. The quantitative estimate of drug-likeness (QED) is 0.508. The van der Waals surface area contributed by atoms with E-state index in [0.29, 0.717) is 22.9 Å². The second-order valence-corrected chi connectivity index (χ2v) is 6.12. The van der Waals surface area contributed by atoms with Crippen LogP contribution in [-0.4, -0.2) is 45.1 Å². The van der Waals surface area contributed by atoms with Crippen molar-refractivity contribution in [3.8, 4) is 28.6 Å². The molecule has 0 saturated carbocycles. The molecule has 0 aliphatic rings. The number of amides is 1. The van der Waals surface area contributed by atoms with E-state index >= 15 is 0 Å². The first kappa shape index (κ1) is 19.1. The number of anilines is 1. The molecule has 0 saturated heterocycles. The van der Waals surface area contributed by atoms with Crippen LogP contribution in [0, 0.1) is 5.82 Å². The highest BCUT2D eigenvalue weighted by atomic mass is 19.1. The third-order valence-corrected chi connectivity index (χ3v) is 4.30. The minimum atomic E-state index is -0.530. The molecule has 2 N–H and O–H groups in total. The van der Waals surface area contributed by atoms with Crippen molar-refractivity contribution in [1.29, 1.82) is 0 Å². The van der Waals surface area contributed by atoms with Gasteiger partial charge < -0.3 is 9.47 Å². The maximum atomic E-state index is 13.9. The molecule has 4 aromatic rings. The molecule has 0 bridgehead atoms. The van der Waals surface area contributed by atoms with Gasteiger partial charge in [-0.25, -0.2) is 9.07 Å². The number of benzene rings is 2. The number of carbonyl (C=O) groups is 1. The molecule has 9 nitrogen and oxygen atoms in total. The largest absolute Gasteiger partial charge is 0.497 e. The number of hydrogen-bond donors (Lipinski definition) is 2. The monoisotopic (exact) mass is 408 g/mol. The van der Waals surface area contributed by atoms with Gasteiger partial charge >= 0.3 is 0 Å². The molecule has 2 heterocycles. The molecule has 152 valence electrons. The first-order valence-corrected chi connectivity index (χ1v) is 8.86. The number of carbonyl (C=O) groups excluding carboxylic acids is 1. The van der Waals surface area contributed by atoms with E-state index in [0.717, 1.165) is 0 Å². The normalized spacial score (nSPS) is 10.6. The molecule has 30 heavy (non-hydrogen) atoms. The van der Waals surface area contributed by atoms with Crippen LogP contribution in [0.2, 0.25) is 0 Å². The molecule has 0 fully saturated rings. The summed E-state index contributed by atoms with van der Waals surface area (Å²) in [6.07, 6.45) is 1.50. The molecule has 10 heteroatoms. The standard InChI is InChI=1S/C20H17FN6O3/c1-29-12-7-8-13(17(11-12)30-2)18-22-20(25-24-18)23-19(28)15-9-10-27(26-15)16-6-4-3-5-14(16)21/h3-11H,1-2H3,(H2,22,23,24,25,28). The molecule has 0 spiro atoms. The van der Waals surface area contributed by atoms with Gasteiger partial charge in [0.25, 0.3) is 5.91 Å². The number of methoxy groups -OCH3 is 2. The fraction of sp³-hybridized carbons (Fsp3) is 0.100. The Morgan fingerprint density at radius 1 is 1.13 bits per heavy atom. The van der Waals surface area contributed by atoms with Gasteiger partial charge in [0.2, 0.25) is 5.95 Å². The van der Waals surface area contributed by atoms with E-state index in [4.69, 9.17) is 9.47 Å². The van der Waals surface area contributed by atoms with Crippen LogP contribution >= 0.6 is 0 Å². The minimum Gasteiger partial charge on any atom is -0.497 e. The van der Waals surface area contributed by atoms with E-state index in [2.05, 4.69) is 25.6 Å². The summed E-state index contributed by atoms with van der Waals surface area (Å²) in [4.78, 5) is 16.8. The molecule has 2 aromatic carbocycles. The zero-order valence-electron chi connectivity index (χ0n) is 16.1. The number of para-hydroxylation sites is 1. The van der Waals surface area contributed by atoms with Gasteiger partial charge in [-0.1, -0.05) is 12.1 Å². The summed E-state index contributed by atoms with van der Waals surface area (Å²) in [6.45, 7) is 0. The van der Waals surface area contributed by atoms with Gasteiger partial charge in [-0.3, -0.25) is 15.2 Å². The average Bonchev–Trinajstić information content (AvgIpc) is 3.43. The van der Waals surface area contributed by atoms with Crippen LogP contribution in [0.4, 0.5) is 10.3 Å². The van der Waals surface area contributed by atoms with Crippen LogP contribution in [0.3, 0.4) is 0 Å². The molecular weight excluding hydrogens is 391 g/mol. The van der Waals surface area contributed by atoms with Crippen LogP contribution in [0.15, 0.2) is 54.7 Å². The third kappa shape index (κ3) is 3.70. The molecule has 2 aromatic heterocycles. The lowest BCUT2D eigenvalue weighted by molar-refractivity contribution is 0.102. The van der Waals surface area contributed by atoms with Crippen LogP contribution in [0.1, 0.15) is 10.5 Å². The lowest BCUT2D eigenvalue weighted by Gasteiger charge is -2.07. The van der Waals surface area contributed by atoms with Crippen LogP contribution in [0.25, 0.3) is 17.1 Å². The lowest BCUT2D eigenvalue weighted by atomic mass is 10.2. The van der Waals surface area contributed by atoms with Crippen molar-refractivity contribution in [1.82, 2.24) is 25.0 Å². The van der Waals surface area contributed by atoms with Gasteiger partial charge in [-0.15, -0.1) is 5.10 Å². The topological polar surface area (TPSA) is 107 Å². The van der Waals surface area contributed by atoms with Crippen molar-refractivity contribution in [3.05, 3.63) is 66.2 Å². The summed E-state index contributed by atoms with van der Waals surface area (Å²) >= 11 is 0. The van der Waals surface area contributed by atoms with E-state index in [9.17, 15) is 9.18 Å². The second kappa shape index (κ2) is 8.03. The highest BCUT2D eigenvalue weighted by molar-refractivity contribution is 6.01. The third-order valence-electron chi connectivity index (χ3n) is 4.30. The van der Waals surface area contributed by atoms with Crippen molar-refractivity contribution >= 4 is 11.9 Å². The molecule has 0 atom stereocenters. The second-order valence-electron chi connectivity index (χ2n) is 6.12. The maximum Gasteiger partial charge on any atom is 0.278 e. The van der Waals surface area contributed by atoms with Crippen molar-refractivity contribution < 1.29 is 18.7 Å². The van der Waals surface area contributed by atoms with E-state index in [1.807, 2.05) is 0 Å². The first-order chi connectivity index (χ1) is 14.6. The van der Waals surface area contributed by atoms with E-state index in [1.54, 1.807) is 43.5 Å². The number of aromatic nitrogens is 5. The molecule has 0 aliphatic carbocycles. The number of H-pyrrole nitrogens is 1. The zero-order valence-corrected chi connectivity index (χ0v) is 16.1. The summed E-state index contributed by atoms with van der Waals surface area (Å²) < 4.78 is 25.7. The Balaban J connectivity index is 1.52. The molecule has 0 aliphatic heterocycles. The minimum absolute atomic E-state index is 0.0633. The summed E-state index contributed by atoms with van der Waals surface area (Å²) in [5, 5.41) is 13.4. The predicted octanol–water partition coefficient (Wildman–Crippen LogP) is 3.07. The molecule has 4 rings (SSSR count). The van der Waals surface area contributed by atoms with Gasteiger partial charge in [0.15, 0.2) is 11.5 Å². The number of hydrogen-bond acceptors (Lipinski definition) is 6. The number of nitrogens with one attached hydrogen (secondary N) is 2. The molecule has 0 radical (unpaired) electrons. The Labute approximate surface area is 170 Å². The predicted molar refractivity (Wildman–Crippen MR) is 106 cm³/mol. The van der Waals surface area contributed by atoms with Gasteiger partial charge in [0.1, 0.15) is 23.0 Å². The van der Waals surface area contributed by atoms with Gasteiger partial charge in [-0.05, 0) is 30.3 Å². The Hall–Kier alpha value is -4.21. The van der Waals surface area contributed by atoms with Crippen LogP contribution in [0.5, 0.6) is 11.5 Å². The average molecular weight is 408 g/mol. The first-order valence-electron chi connectivity index (χ1n) is 8.86. The number of aromatic amines is 1. The molecule has 0 unspecified atom stereocenters. The lowest BCUT2D eigenvalue weighted by Crippen LogP contribution is -2.14. The summed E-state index contributed by atoms with van der Waals surface area (Å²) in [7, 11) is 3.09. The van der Waals surface area contributed by atoms with Crippen LogP contribution < -0.4 is 14.8 Å². The van der Waals surface area contributed by atoms with Crippen molar-refractivity contribution in [2.75, 3.05) is 19.5 Å². The Kier molecular flexibility index (Phi) is 5.12. The fourth-order valence-electron chi connectivity index (χ4n) is 2.81. The number of halogens is 1. The van der Waals surface area contributed by atoms with Gasteiger partial charge in [0.05, 0.1) is 19.8 Å². The Morgan fingerprint density at radius 2 is 1.97 bits per heavy atom. The highest BCUT2D eigenvalue weighted by Gasteiger charge is 2.16. The summed E-state index contributed by atoms with van der Waals surface area (Å²) in [5.41, 5.74) is 0.977. The zero-order chi connectivity index (χ0) is 21.1. The Morgan fingerprint density at radius 3 is 2.73 bits per heavy atom. The van der Waals surface area contributed by atoms with Crippen molar-refractivity contribution in [3.63, 3.8) is 0 Å². The number of nitrogens with zero attached hydrogens (tertiary/aromatic N) is 4. The maximum absolute atomic E-state index is 13.9. The summed E-state index contributed by atoms with van der Waals surface area (Å²) in [6, 6.07) is 12.9. The molecular formula is C20H17FN6O3. The van der Waals surface area contributed by atoms with E-state index in [1.165, 1.54) is 30.1 Å². The number of ether oxygens (including phenoxy) is 2. The molecule has 1 amide bonds. The number of rotatable bonds is 6. The fourth-order valence-corrected chi connectivity index (χ4v) is 2.81.